The molecule has 0 aromatic heterocycles. The molecule has 0 aliphatic carbocycles. The van der Waals surface area contributed by atoms with Crippen LogP contribution in [0, 0.1) is 0 Å². The molecule has 1 amide bonds. The number of thioether (sulfide) groups is 1. The molecule has 2 aromatic rings. The third-order valence-electron chi connectivity index (χ3n) is 4.24. The highest BCUT2D eigenvalue weighted by atomic mass is 35.5. The number of hydrogen-bond donors (Lipinski definition) is 1. The van der Waals surface area contributed by atoms with Crippen molar-refractivity contribution in [1.29, 1.82) is 0 Å². The molecule has 0 saturated carbocycles. The number of anilines is 1. The minimum absolute atomic E-state index is 0.319. The summed E-state index contributed by atoms with van der Waals surface area (Å²) in [6, 6.07) is 12.7. The Kier molecular flexibility index (Phi) is 6.15. The van der Waals surface area contributed by atoms with Gasteiger partial charge in [-0.1, -0.05) is 35.3 Å². The van der Waals surface area contributed by atoms with Crippen LogP contribution in [0.5, 0.6) is 0 Å². The van der Waals surface area contributed by atoms with Crippen LogP contribution < -0.4 is 4.90 Å². The van der Waals surface area contributed by atoms with Gasteiger partial charge in [0.1, 0.15) is 6.10 Å². The summed E-state index contributed by atoms with van der Waals surface area (Å²) in [5, 5.41) is 11.6. The first-order chi connectivity index (χ1) is 12.4. The maximum atomic E-state index is 13.1. The third-order valence-corrected chi connectivity index (χ3v) is 6.11. The summed E-state index contributed by atoms with van der Waals surface area (Å²) in [7, 11) is 3.89. The van der Waals surface area contributed by atoms with Crippen molar-refractivity contribution in [2.75, 3.05) is 32.1 Å². The first-order valence-corrected chi connectivity index (χ1v) is 9.86. The minimum Gasteiger partial charge on any atom is -0.382 e. The van der Waals surface area contributed by atoms with E-state index in [0.29, 0.717) is 23.1 Å². The number of fused-ring (bicyclic) bond motifs is 1. The van der Waals surface area contributed by atoms with Gasteiger partial charge in [0.2, 0.25) is 0 Å². The van der Waals surface area contributed by atoms with Crippen LogP contribution >= 0.6 is 35.0 Å². The standard InChI is InChI=1S/C19H20Cl2N2O2S/c1-22(2)9-10-23-15-11-14(21)7-8-16(15)26-18(17(24)19(23)25)12-3-5-13(20)6-4-12/h3-8,11,17-18,24H,9-10H2,1-2H3. The Bertz CT molecular complexity index is 799. The van der Waals surface area contributed by atoms with Crippen molar-refractivity contribution >= 4 is 46.6 Å². The number of halogens is 2. The van der Waals surface area contributed by atoms with E-state index < -0.39 is 11.4 Å². The Morgan fingerprint density at radius 1 is 1.12 bits per heavy atom. The molecule has 3 rings (SSSR count). The molecule has 4 nitrogen and oxygen atoms in total. The van der Waals surface area contributed by atoms with Crippen molar-refractivity contribution in [2.24, 2.45) is 0 Å². The lowest BCUT2D eigenvalue weighted by atomic mass is 10.1. The fourth-order valence-electron chi connectivity index (χ4n) is 2.84. The maximum Gasteiger partial charge on any atom is 0.257 e. The molecular weight excluding hydrogens is 391 g/mol. The number of carbonyl (C=O) groups excluding carboxylic acids is 1. The summed E-state index contributed by atoms with van der Waals surface area (Å²) in [6.07, 6.45) is -1.16. The SMILES string of the molecule is CN(C)CCN1C(=O)C(O)C(c2ccc(Cl)cc2)Sc2ccc(Cl)cc21. The quantitative estimate of drug-likeness (QED) is 0.823. The van der Waals surface area contributed by atoms with Crippen molar-refractivity contribution in [1.82, 2.24) is 4.90 Å². The van der Waals surface area contributed by atoms with E-state index >= 15 is 0 Å². The van der Waals surface area contributed by atoms with E-state index in [1.807, 2.05) is 37.2 Å². The number of carbonyl (C=O) groups is 1. The van der Waals surface area contributed by atoms with Crippen LogP contribution in [-0.4, -0.2) is 49.2 Å². The normalized spacial score (nSPS) is 20.2. The Labute approximate surface area is 167 Å². The molecule has 26 heavy (non-hydrogen) atoms. The molecule has 0 bridgehead atoms. The number of aliphatic hydroxyl groups excluding tert-OH is 1. The van der Waals surface area contributed by atoms with Crippen molar-refractivity contribution in [3.05, 3.63) is 58.1 Å². The van der Waals surface area contributed by atoms with E-state index in [9.17, 15) is 9.90 Å². The molecule has 1 heterocycles. The second-order valence-electron chi connectivity index (χ2n) is 6.44. The van der Waals surface area contributed by atoms with Gasteiger partial charge in [-0.25, -0.2) is 0 Å². The molecule has 1 aliphatic rings. The number of likely N-dealkylation sites (N-methyl/N-ethyl adjacent to an activating group) is 1. The second-order valence-corrected chi connectivity index (χ2v) is 8.50. The van der Waals surface area contributed by atoms with Crippen LogP contribution in [0.25, 0.3) is 0 Å². The van der Waals surface area contributed by atoms with Gasteiger partial charge in [-0.05, 0) is 50.0 Å². The molecule has 0 radical (unpaired) electrons. The van der Waals surface area contributed by atoms with Crippen molar-refractivity contribution in [2.45, 2.75) is 16.2 Å². The van der Waals surface area contributed by atoms with Gasteiger partial charge in [0.15, 0.2) is 0 Å². The lowest BCUT2D eigenvalue weighted by Gasteiger charge is -2.26. The van der Waals surface area contributed by atoms with Crippen molar-refractivity contribution in [3.8, 4) is 0 Å². The summed E-state index contributed by atoms with van der Waals surface area (Å²) in [6.45, 7) is 1.16. The smallest absolute Gasteiger partial charge is 0.257 e. The maximum absolute atomic E-state index is 13.1. The van der Waals surface area contributed by atoms with E-state index in [4.69, 9.17) is 23.2 Å². The molecule has 138 valence electrons. The highest BCUT2D eigenvalue weighted by Crippen LogP contribution is 2.46. The molecule has 0 fully saturated rings. The number of rotatable bonds is 4. The Morgan fingerprint density at radius 3 is 2.42 bits per heavy atom. The van der Waals surface area contributed by atoms with Crippen LogP contribution in [0.15, 0.2) is 47.4 Å². The van der Waals surface area contributed by atoms with Gasteiger partial charge in [0.05, 0.1) is 10.9 Å². The summed E-state index contributed by atoms with van der Waals surface area (Å²) in [5.74, 6) is -0.319. The van der Waals surface area contributed by atoms with Crippen molar-refractivity contribution < 1.29 is 9.90 Å². The molecule has 2 atom stereocenters. The molecule has 7 heteroatoms. The van der Waals surface area contributed by atoms with Crippen LogP contribution in [0.4, 0.5) is 5.69 Å². The molecular formula is C19H20Cl2N2O2S. The number of amides is 1. The highest BCUT2D eigenvalue weighted by molar-refractivity contribution is 7.99. The van der Waals surface area contributed by atoms with Crippen LogP contribution in [0.3, 0.4) is 0 Å². The number of aliphatic hydroxyl groups is 1. The summed E-state index contributed by atoms with van der Waals surface area (Å²) < 4.78 is 0. The van der Waals surface area contributed by atoms with Crippen LogP contribution in [0.2, 0.25) is 10.0 Å². The first-order valence-electron chi connectivity index (χ1n) is 8.22. The van der Waals surface area contributed by atoms with E-state index in [-0.39, 0.29) is 5.91 Å². The zero-order valence-electron chi connectivity index (χ0n) is 14.5. The van der Waals surface area contributed by atoms with Gasteiger partial charge in [-0.2, -0.15) is 0 Å². The predicted octanol–water partition coefficient (Wildman–Crippen LogP) is 4.10. The third kappa shape index (κ3) is 4.18. The summed E-state index contributed by atoms with van der Waals surface area (Å²) in [5.41, 5.74) is 1.60. The van der Waals surface area contributed by atoms with Gasteiger partial charge in [-0.3, -0.25) is 4.79 Å². The van der Waals surface area contributed by atoms with E-state index in [2.05, 4.69) is 0 Å². The largest absolute Gasteiger partial charge is 0.382 e. The fraction of sp³-hybridized carbons (Fsp3) is 0.316. The Morgan fingerprint density at radius 2 is 1.77 bits per heavy atom. The lowest BCUT2D eigenvalue weighted by Crippen LogP contribution is -2.43. The van der Waals surface area contributed by atoms with Gasteiger partial charge >= 0.3 is 0 Å². The van der Waals surface area contributed by atoms with E-state index in [0.717, 1.165) is 16.1 Å². The number of hydrogen-bond acceptors (Lipinski definition) is 4. The van der Waals surface area contributed by atoms with E-state index in [1.54, 1.807) is 29.2 Å². The molecule has 0 spiro atoms. The monoisotopic (exact) mass is 410 g/mol. The van der Waals surface area contributed by atoms with E-state index in [1.165, 1.54) is 11.8 Å². The Balaban J connectivity index is 2.03. The number of nitrogens with zero attached hydrogens (tertiary/aromatic N) is 2. The van der Waals surface area contributed by atoms with Crippen molar-refractivity contribution in [3.63, 3.8) is 0 Å². The Hall–Kier alpha value is -1.24. The fourth-order valence-corrected chi connectivity index (χ4v) is 4.38. The first kappa shape index (κ1) is 19.5. The summed E-state index contributed by atoms with van der Waals surface area (Å²) in [4.78, 5) is 17.6. The molecule has 2 aromatic carbocycles. The second kappa shape index (κ2) is 8.19. The predicted molar refractivity (Wildman–Crippen MR) is 108 cm³/mol. The van der Waals surface area contributed by atoms with Crippen LogP contribution in [0.1, 0.15) is 10.8 Å². The van der Waals surface area contributed by atoms with Gasteiger partial charge in [0, 0.05) is 28.0 Å². The minimum atomic E-state index is -1.16. The number of benzene rings is 2. The van der Waals surface area contributed by atoms with Crippen LogP contribution in [-0.2, 0) is 4.79 Å². The average Bonchev–Trinajstić information content (AvgIpc) is 2.70. The molecule has 2 unspecified atom stereocenters. The zero-order valence-corrected chi connectivity index (χ0v) is 16.9. The highest BCUT2D eigenvalue weighted by Gasteiger charge is 2.37. The van der Waals surface area contributed by atoms with Gasteiger partial charge in [0.25, 0.3) is 5.91 Å². The topological polar surface area (TPSA) is 43.8 Å². The zero-order chi connectivity index (χ0) is 18.8. The summed E-state index contributed by atoms with van der Waals surface area (Å²) >= 11 is 13.6. The molecule has 1 aliphatic heterocycles. The van der Waals surface area contributed by atoms with Gasteiger partial charge < -0.3 is 14.9 Å². The lowest BCUT2D eigenvalue weighted by molar-refractivity contribution is -0.126. The van der Waals surface area contributed by atoms with Gasteiger partial charge in [-0.15, -0.1) is 11.8 Å². The molecule has 1 N–H and O–H groups in total. The average molecular weight is 411 g/mol. The molecule has 0 saturated heterocycles.